The number of nitrogens with zero attached hydrogens (tertiary/aromatic N) is 1. The fourth-order valence-corrected chi connectivity index (χ4v) is 5.81. The molecule has 2 aromatic rings. The van der Waals surface area contributed by atoms with Crippen molar-refractivity contribution < 1.29 is 54.4 Å². The van der Waals surface area contributed by atoms with Gasteiger partial charge in [0.25, 0.3) is 0 Å². The number of fused-ring (bicyclic) bond motifs is 3. The molecule has 36 heavy (non-hydrogen) atoms. The summed E-state index contributed by atoms with van der Waals surface area (Å²) < 4.78 is 4.75. The molecule has 2 fully saturated rings. The van der Waals surface area contributed by atoms with E-state index >= 15 is 0 Å². The highest BCUT2D eigenvalue weighted by Gasteiger charge is 2.37. The predicted octanol–water partition coefficient (Wildman–Crippen LogP) is -5.85. The highest BCUT2D eigenvalue weighted by atomic mass is 35.5. The van der Waals surface area contributed by atoms with Gasteiger partial charge in [-0.05, 0) is 42.2 Å². The number of halogens is 2. The van der Waals surface area contributed by atoms with Crippen LogP contribution in [0.1, 0.15) is 30.4 Å². The Balaban J connectivity index is 0.00000152. The van der Waals surface area contributed by atoms with Crippen molar-refractivity contribution in [2.75, 3.05) is 50.1 Å². The molecule has 0 bridgehead atoms. The lowest BCUT2D eigenvalue weighted by molar-refractivity contribution is -1.02. The van der Waals surface area contributed by atoms with Crippen LogP contribution >= 0.6 is 0 Å². The first-order valence-corrected chi connectivity index (χ1v) is 12.2. The fraction of sp³-hybridized carbons (Fsp3) is 0.462. The summed E-state index contributed by atoms with van der Waals surface area (Å²) in [5, 5.41) is 2.75. The molecule has 198 valence electrons. The number of hydrogen-bond acceptors (Lipinski definition) is 3. The van der Waals surface area contributed by atoms with Crippen LogP contribution in [-0.2, 0) is 22.4 Å². The number of piperazine rings is 1. The molecular formula is C26H36Cl2N4O4. The van der Waals surface area contributed by atoms with E-state index in [1.165, 1.54) is 45.1 Å². The summed E-state index contributed by atoms with van der Waals surface area (Å²) in [6.07, 6.45) is 4.41. The first-order valence-electron chi connectivity index (χ1n) is 12.2. The minimum atomic E-state index is -0.515. The largest absolute Gasteiger partial charge is 1.00 e. The average molecular weight is 540 g/mol. The van der Waals surface area contributed by atoms with Crippen LogP contribution in [-0.4, -0.2) is 63.4 Å². The summed E-state index contributed by atoms with van der Waals surface area (Å²) in [5.41, 5.74) is 4.74. The van der Waals surface area contributed by atoms with Gasteiger partial charge in [0.2, 0.25) is 5.91 Å². The second kappa shape index (κ2) is 13.3. The van der Waals surface area contributed by atoms with Crippen molar-refractivity contribution in [3.05, 3.63) is 53.6 Å². The van der Waals surface area contributed by atoms with Gasteiger partial charge >= 0.3 is 6.09 Å². The van der Waals surface area contributed by atoms with Gasteiger partial charge in [-0.1, -0.05) is 24.3 Å². The van der Waals surface area contributed by atoms with Crippen molar-refractivity contribution in [3.8, 4) is 0 Å². The maximum absolute atomic E-state index is 13.7. The van der Waals surface area contributed by atoms with Gasteiger partial charge in [-0.2, -0.15) is 0 Å². The summed E-state index contributed by atoms with van der Waals surface area (Å²) >= 11 is 0. The van der Waals surface area contributed by atoms with Crippen LogP contribution in [0.25, 0.3) is 0 Å². The molecule has 2 aromatic carbocycles. The van der Waals surface area contributed by atoms with Crippen LogP contribution in [0.3, 0.4) is 0 Å². The number of rotatable bonds is 4. The molecule has 2 amide bonds. The van der Waals surface area contributed by atoms with Gasteiger partial charge in [0, 0.05) is 18.5 Å². The van der Waals surface area contributed by atoms with Crippen molar-refractivity contribution in [2.24, 2.45) is 0 Å². The maximum atomic E-state index is 13.7. The Morgan fingerprint density at radius 3 is 2.56 bits per heavy atom. The molecule has 3 aliphatic rings. The SMILES string of the molecule is COC(=O)Nc1ccc2c(c1)N(C(=O)CC[NH+]1CC[NH+]3CCCC3C1)c1ccccc1CC2.O.[Cl-].[Cl-]. The van der Waals surface area contributed by atoms with E-state index in [9.17, 15) is 9.59 Å². The van der Waals surface area contributed by atoms with Crippen LogP contribution in [0.2, 0.25) is 0 Å². The number of aryl methyl sites for hydroxylation is 2. The van der Waals surface area contributed by atoms with E-state index in [1.54, 1.807) is 9.80 Å². The van der Waals surface area contributed by atoms with E-state index in [-0.39, 0.29) is 36.2 Å². The van der Waals surface area contributed by atoms with Crippen LogP contribution < -0.4 is 44.8 Å². The number of anilines is 3. The molecular weight excluding hydrogens is 503 g/mol. The number of carbonyl (C=O) groups is 2. The molecule has 3 unspecified atom stereocenters. The number of methoxy groups -OCH3 is 1. The molecule has 0 radical (unpaired) electrons. The quantitative estimate of drug-likeness (QED) is 0.361. The molecule has 0 aromatic heterocycles. The molecule has 3 heterocycles. The number of carbonyl (C=O) groups excluding carboxylic acids is 2. The number of benzene rings is 2. The average Bonchev–Trinajstić information content (AvgIpc) is 3.24. The third-order valence-corrected chi connectivity index (χ3v) is 7.56. The number of hydrogen-bond donors (Lipinski definition) is 3. The predicted molar refractivity (Wildman–Crippen MR) is 131 cm³/mol. The summed E-state index contributed by atoms with van der Waals surface area (Å²) in [6, 6.07) is 14.7. The summed E-state index contributed by atoms with van der Waals surface area (Å²) in [5.74, 6) is 0.120. The molecule has 3 aliphatic heterocycles. The van der Waals surface area contributed by atoms with Crippen LogP contribution in [0.5, 0.6) is 0 Å². The van der Waals surface area contributed by atoms with E-state index in [2.05, 4.69) is 11.4 Å². The lowest BCUT2D eigenvalue weighted by Crippen LogP contribution is -3.29. The maximum Gasteiger partial charge on any atom is 0.411 e. The molecule has 0 aliphatic carbocycles. The van der Waals surface area contributed by atoms with E-state index in [0.29, 0.717) is 12.1 Å². The van der Waals surface area contributed by atoms with Crippen molar-refractivity contribution in [1.29, 1.82) is 0 Å². The monoisotopic (exact) mass is 538 g/mol. The molecule has 3 atom stereocenters. The second-order valence-corrected chi connectivity index (χ2v) is 9.52. The molecule has 2 saturated heterocycles. The van der Waals surface area contributed by atoms with Gasteiger partial charge in [0.15, 0.2) is 0 Å². The van der Waals surface area contributed by atoms with Crippen molar-refractivity contribution in [3.63, 3.8) is 0 Å². The van der Waals surface area contributed by atoms with Gasteiger partial charge < -0.3 is 44.8 Å². The van der Waals surface area contributed by atoms with E-state index in [4.69, 9.17) is 4.74 Å². The summed E-state index contributed by atoms with van der Waals surface area (Å²) in [4.78, 5) is 30.7. The smallest absolute Gasteiger partial charge is 0.411 e. The number of para-hydroxylation sites is 1. The zero-order valence-corrected chi connectivity index (χ0v) is 22.1. The van der Waals surface area contributed by atoms with Crippen molar-refractivity contribution in [1.82, 2.24) is 0 Å². The van der Waals surface area contributed by atoms with Gasteiger partial charge in [-0.15, -0.1) is 0 Å². The van der Waals surface area contributed by atoms with Crippen LogP contribution in [0, 0.1) is 0 Å². The zero-order valence-electron chi connectivity index (χ0n) is 20.6. The second-order valence-electron chi connectivity index (χ2n) is 9.52. The third kappa shape index (κ3) is 6.30. The Morgan fingerprint density at radius 1 is 1.03 bits per heavy atom. The standard InChI is InChI=1S/C26H32N4O3.2ClH.H2O/c1-33-26(32)27-21-11-10-20-9-8-19-5-2-3-7-23(19)30(24(20)17-21)25(31)12-14-28-15-16-29-13-4-6-22(29)18-28;;;/h2-3,5,7,10-11,17,22H,4,6,8-9,12-16,18H2,1H3,(H,27,32);2*1H;1H2. The molecule has 8 nitrogen and oxygen atoms in total. The Labute approximate surface area is 225 Å². The Morgan fingerprint density at radius 2 is 1.78 bits per heavy atom. The lowest BCUT2D eigenvalue weighted by Gasteiger charge is -2.32. The first kappa shape index (κ1) is 29.9. The fourth-order valence-electron chi connectivity index (χ4n) is 5.81. The number of nitrogens with one attached hydrogen (secondary N) is 3. The van der Waals surface area contributed by atoms with E-state index in [0.717, 1.165) is 48.9 Å². The topological polar surface area (TPSA) is 99.0 Å². The van der Waals surface area contributed by atoms with Crippen molar-refractivity contribution >= 4 is 29.1 Å². The van der Waals surface area contributed by atoms with Crippen LogP contribution in [0.4, 0.5) is 21.9 Å². The van der Waals surface area contributed by atoms with Crippen molar-refractivity contribution in [2.45, 2.75) is 38.1 Å². The third-order valence-electron chi connectivity index (χ3n) is 7.56. The molecule has 0 saturated carbocycles. The molecule has 0 spiro atoms. The Hall–Kier alpha value is -2.36. The highest BCUT2D eigenvalue weighted by molar-refractivity contribution is 6.03. The van der Waals surface area contributed by atoms with Crippen LogP contribution in [0.15, 0.2) is 42.5 Å². The molecule has 10 heteroatoms. The Kier molecular flexibility index (Phi) is 11.0. The number of amides is 2. The molecule has 5 N–H and O–H groups in total. The zero-order chi connectivity index (χ0) is 22.8. The summed E-state index contributed by atoms with van der Waals surface area (Å²) in [6.45, 7) is 5.76. The lowest BCUT2D eigenvalue weighted by atomic mass is 10.0. The Bertz CT molecular complexity index is 1050. The number of ether oxygens (including phenoxy) is 1. The molecule has 5 rings (SSSR count). The van der Waals surface area contributed by atoms with E-state index in [1.807, 2.05) is 41.3 Å². The number of quaternary nitrogens is 2. The first-order chi connectivity index (χ1) is 16.1. The van der Waals surface area contributed by atoms with E-state index < -0.39 is 6.09 Å². The minimum Gasteiger partial charge on any atom is -1.00 e. The van der Waals surface area contributed by atoms with Gasteiger partial charge in [-0.25, -0.2) is 4.79 Å². The minimum absolute atomic E-state index is 0. The van der Waals surface area contributed by atoms with Gasteiger partial charge in [-0.3, -0.25) is 15.0 Å². The highest BCUT2D eigenvalue weighted by Crippen LogP contribution is 2.38. The van der Waals surface area contributed by atoms with Gasteiger partial charge in [0.05, 0.1) is 38.0 Å². The van der Waals surface area contributed by atoms with Gasteiger partial charge in [0.1, 0.15) is 25.7 Å². The summed E-state index contributed by atoms with van der Waals surface area (Å²) in [7, 11) is 1.35. The normalized spacial score (nSPS) is 21.7.